The van der Waals surface area contributed by atoms with Crippen molar-refractivity contribution in [3.63, 3.8) is 0 Å². The van der Waals surface area contributed by atoms with Crippen LogP contribution in [0.15, 0.2) is 85.6 Å². The zero-order valence-electron chi connectivity index (χ0n) is 20.0. The maximum atomic E-state index is 10.3. The second-order valence-corrected chi connectivity index (χ2v) is 10.5. The minimum atomic E-state index is 0.100. The van der Waals surface area contributed by atoms with E-state index in [1.54, 1.807) is 0 Å². The number of hydroxylamine groups is 2. The van der Waals surface area contributed by atoms with Gasteiger partial charge in [0.25, 0.3) is 0 Å². The molecule has 2 fully saturated rings. The first-order chi connectivity index (χ1) is 16.1. The van der Waals surface area contributed by atoms with Crippen LogP contribution in [0.3, 0.4) is 0 Å². The van der Waals surface area contributed by atoms with E-state index in [4.69, 9.17) is 0 Å². The average molecular weight is 445 g/mol. The Morgan fingerprint density at radius 1 is 0.788 bits per heavy atom. The van der Waals surface area contributed by atoms with E-state index in [9.17, 15) is 5.21 Å². The third kappa shape index (κ3) is 6.59. The predicted molar refractivity (Wildman–Crippen MR) is 137 cm³/mol. The molecule has 0 saturated carbocycles. The third-order valence-corrected chi connectivity index (χ3v) is 7.62. The SMILES string of the molecule is C=CC[C@]1(Cc2ccccc2)CCCN(/C=C/C[C@]2(Cc3ccccc3)CCCN(O)C2)C1. The fraction of sp³-hybridized carbons (Fsp3) is 0.467. The minimum absolute atomic E-state index is 0.100. The van der Waals surface area contributed by atoms with Gasteiger partial charge >= 0.3 is 0 Å². The molecule has 0 unspecified atom stereocenters. The summed E-state index contributed by atoms with van der Waals surface area (Å²) in [5.41, 5.74) is 3.16. The van der Waals surface area contributed by atoms with Gasteiger partial charge in [0, 0.05) is 26.2 Å². The zero-order chi connectivity index (χ0) is 23.0. The fourth-order valence-electron chi connectivity index (χ4n) is 6.14. The summed E-state index contributed by atoms with van der Waals surface area (Å²) in [5, 5.41) is 11.9. The molecule has 0 amide bonds. The van der Waals surface area contributed by atoms with Crippen LogP contribution in [0.5, 0.6) is 0 Å². The molecule has 0 bridgehead atoms. The Kier molecular flexibility index (Phi) is 8.06. The summed E-state index contributed by atoms with van der Waals surface area (Å²) in [6, 6.07) is 21.7. The lowest BCUT2D eigenvalue weighted by molar-refractivity contribution is -0.138. The van der Waals surface area contributed by atoms with Gasteiger partial charge in [0.2, 0.25) is 0 Å². The van der Waals surface area contributed by atoms with Crippen LogP contribution in [0.2, 0.25) is 0 Å². The molecule has 0 aromatic heterocycles. The van der Waals surface area contributed by atoms with Crippen LogP contribution in [-0.4, -0.2) is 41.3 Å². The monoisotopic (exact) mass is 444 g/mol. The summed E-state index contributed by atoms with van der Waals surface area (Å²) in [5.74, 6) is 0. The largest absolute Gasteiger partial charge is 0.377 e. The molecule has 33 heavy (non-hydrogen) atoms. The highest BCUT2D eigenvalue weighted by atomic mass is 16.5. The molecule has 2 aliphatic heterocycles. The van der Waals surface area contributed by atoms with Gasteiger partial charge in [-0.2, -0.15) is 5.06 Å². The molecule has 0 spiro atoms. The highest BCUT2D eigenvalue weighted by Crippen LogP contribution is 2.39. The number of hydrogen-bond donors (Lipinski definition) is 1. The molecule has 0 aliphatic carbocycles. The summed E-state index contributed by atoms with van der Waals surface area (Å²) in [4.78, 5) is 2.53. The van der Waals surface area contributed by atoms with Crippen LogP contribution < -0.4 is 0 Å². The molecular formula is C30H40N2O. The fourth-order valence-corrected chi connectivity index (χ4v) is 6.14. The summed E-state index contributed by atoms with van der Waals surface area (Å²) < 4.78 is 0. The van der Waals surface area contributed by atoms with E-state index in [-0.39, 0.29) is 10.8 Å². The van der Waals surface area contributed by atoms with E-state index in [1.807, 2.05) is 0 Å². The molecule has 3 heteroatoms. The van der Waals surface area contributed by atoms with Crippen LogP contribution in [0.4, 0.5) is 0 Å². The molecule has 4 rings (SSSR count). The lowest BCUT2D eigenvalue weighted by Gasteiger charge is -2.43. The molecule has 0 radical (unpaired) electrons. The van der Waals surface area contributed by atoms with Crippen molar-refractivity contribution in [3.05, 3.63) is 96.7 Å². The van der Waals surface area contributed by atoms with Crippen LogP contribution in [0.1, 0.15) is 49.7 Å². The van der Waals surface area contributed by atoms with Crippen molar-refractivity contribution in [2.45, 2.75) is 51.4 Å². The number of nitrogens with zero attached hydrogens (tertiary/aromatic N) is 2. The molecule has 2 heterocycles. The lowest BCUT2D eigenvalue weighted by atomic mass is 9.72. The van der Waals surface area contributed by atoms with Gasteiger partial charge in [-0.1, -0.05) is 72.8 Å². The number of allylic oxidation sites excluding steroid dienone is 2. The zero-order valence-corrected chi connectivity index (χ0v) is 20.0. The summed E-state index contributed by atoms with van der Waals surface area (Å²) in [6.45, 7) is 7.83. The Morgan fingerprint density at radius 3 is 1.94 bits per heavy atom. The van der Waals surface area contributed by atoms with E-state index >= 15 is 0 Å². The van der Waals surface area contributed by atoms with Gasteiger partial charge in [-0.25, -0.2) is 0 Å². The number of rotatable bonds is 9. The van der Waals surface area contributed by atoms with Gasteiger partial charge in [-0.15, -0.1) is 6.58 Å². The number of benzene rings is 2. The average Bonchev–Trinajstić information content (AvgIpc) is 2.81. The van der Waals surface area contributed by atoms with Crippen LogP contribution in [0.25, 0.3) is 0 Å². The first kappa shape index (κ1) is 23.8. The quantitative estimate of drug-likeness (QED) is 0.447. The number of likely N-dealkylation sites (tertiary alicyclic amines) is 1. The predicted octanol–water partition coefficient (Wildman–Crippen LogP) is 6.51. The molecule has 2 aromatic rings. The summed E-state index contributed by atoms with van der Waals surface area (Å²) in [7, 11) is 0. The Hall–Kier alpha value is -2.36. The van der Waals surface area contributed by atoms with Gasteiger partial charge in [-0.3, -0.25) is 0 Å². The molecular weight excluding hydrogens is 404 g/mol. The number of piperidine rings is 2. The summed E-state index contributed by atoms with van der Waals surface area (Å²) >= 11 is 0. The maximum absolute atomic E-state index is 10.3. The standard InChI is InChI=1S/C30H40N2O/c1-2-16-29(23-27-12-5-3-6-13-27)17-9-20-31(25-29)21-10-18-30(19-11-22-32(33)26-30)24-28-14-7-4-8-15-28/h2-8,10,12-15,21,33H,1,9,11,16-20,22-26H2/b21-10+/t29-,30-/m1/s1. The first-order valence-corrected chi connectivity index (χ1v) is 12.6. The van der Waals surface area contributed by atoms with Crippen molar-refractivity contribution in [1.82, 2.24) is 9.96 Å². The Bertz CT molecular complexity index is 896. The van der Waals surface area contributed by atoms with Gasteiger partial charge < -0.3 is 10.1 Å². The van der Waals surface area contributed by atoms with Gasteiger partial charge in [0.15, 0.2) is 0 Å². The molecule has 2 aromatic carbocycles. The van der Waals surface area contributed by atoms with E-state index in [0.717, 1.165) is 64.7 Å². The highest BCUT2D eigenvalue weighted by molar-refractivity contribution is 5.19. The summed E-state index contributed by atoms with van der Waals surface area (Å²) in [6.07, 6.45) is 15.7. The molecule has 2 atom stereocenters. The molecule has 2 saturated heterocycles. The Labute approximate surface area is 200 Å². The van der Waals surface area contributed by atoms with Crippen molar-refractivity contribution in [2.75, 3.05) is 26.2 Å². The maximum Gasteiger partial charge on any atom is 0.0300 e. The third-order valence-electron chi connectivity index (χ3n) is 7.62. The topological polar surface area (TPSA) is 26.7 Å². The first-order valence-electron chi connectivity index (χ1n) is 12.6. The van der Waals surface area contributed by atoms with Crippen LogP contribution in [-0.2, 0) is 12.8 Å². The second kappa shape index (κ2) is 11.2. The molecule has 2 aliphatic rings. The molecule has 1 N–H and O–H groups in total. The number of hydrogen-bond acceptors (Lipinski definition) is 3. The Morgan fingerprint density at radius 2 is 1.36 bits per heavy atom. The van der Waals surface area contributed by atoms with Gasteiger partial charge in [-0.05, 0) is 79.5 Å². The van der Waals surface area contributed by atoms with Crippen LogP contribution in [0, 0.1) is 10.8 Å². The molecule has 176 valence electrons. The van der Waals surface area contributed by atoms with E-state index < -0.39 is 0 Å². The van der Waals surface area contributed by atoms with Crippen molar-refractivity contribution in [1.29, 1.82) is 0 Å². The van der Waals surface area contributed by atoms with E-state index in [0.29, 0.717) is 0 Å². The van der Waals surface area contributed by atoms with Crippen LogP contribution >= 0.6 is 0 Å². The second-order valence-electron chi connectivity index (χ2n) is 10.5. The van der Waals surface area contributed by atoms with E-state index in [1.165, 1.54) is 29.0 Å². The van der Waals surface area contributed by atoms with Crippen molar-refractivity contribution < 1.29 is 5.21 Å². The van der Waals surface area contributed by atoms with Gasteiger partial charge in [0.1, 0.15) is 0 Å². The van der Waals surface area contributed by atoms with Crippen molar-refractivity contribution >= 4 is 0 Å². The van der Waals surface area contributed by atoms with Gasteiger partial charge in [0.05, 0.1) is 0 Å². The van der Waals surface area contributed by atoms with E-state index in [2.05, 4.69) is 90.5 Å². The lowest BCUT2D eigenvalue weighted by Crippen LogP contribution is -2.43. The Balaban J connectivity index is 1.44. The smallest absolute Gasteiger partial charge is 0.0300 e. The van der Waals surface area contributed by atoms with Crippen molar-refractivity contribution in [3.8, 4) is 0 Å². The highest BCUT2D eigenvalue weighted by Gasteiger charge is 2.36. The normalized spacial score (nSPS) is 26.5. The van der Waals surface area contributed by atoms with Crippen molar-refractivity contribution in [2.24, 2.45) is 10.8 Å². The minimum Gasteiger partial charge on any atom is -0.377 e. The molecule has 3 nitrogen and oxygen atoms in total.